The summed E-state index contributed by atoms with van der Waals surface area (Å²) in [5.41, 5.74) is 8.46. The Morgan fingerprint density at radius 1 is 1.05 bits per heavy atom. The molecule has 2 aromatic carbocycles. The van der Waals surface area contributed by atoms with Crippen LogP contribution < -0.4 is 5.73 Å². The number of hydrogen-bond acceptors (Lipinski definition) is 5. The summed E-state index contributed by atoms with van der Waals surface area (Å²) < 4.78 is 23.6. The Labute approximate surface area is 122 Å². The molecule has 0 unspecified atom stereocenters. The number of nitrogens with zero attached hydrogens (tertiary/aromatic N) is 3. The zero-order chi connectivity index (χ0) is 15.0. The van der Waals surface area contributed by atoms with Crippen LogP contribution in [0.15, 0.2) is 47.4 Å². The number of hydrogen-bond donors (Lipinski definition) is 1. The molecule has 3 rings (SSSR count). The van der Waals surface area contributed by atoms with E-state index >= 15 is 0 Å². The number of rotatable bonds is 3. The van der Waals surface area contributed by atoms with Crippen molar-refractivity contribution in [3.63, 3.8) is 0 Å². The fourth-order valence-electron chi connectivity index (χ4n) is 2.00. The summed E-state index contributed by atoms with van der Waals surface area (Å²) >= 11 is 0. The first kappa shape index (κ1) is 13.6. The molecular formula is C14H14N4O2S. The third kappa shape index (κ3) is 2.47. The molecule has 108 valence electrons. The Kier molecular flexibility index (Phi) is 3.13. The minimum atomic E-state index is -3.19. The molecule has 0 aliphatic carbocycles. The van der Waals surface area contributed by atoms with Crippen LogP contribution in [0.5, 0.6) is 0 Å². The van der Waals surface area contributed by atoms with Crippen molar-refractivity contribution in [3.8, 4) is 5.69 Å². The topological polar surface area (TPSA) is 90.9 Å². The van der Waals surface area contributed by atoms with Crippen molar-refractivity contribution in [3.05, 3.63) is 42.5 Å². The Morgan fingerprint density at radius 2 is 1.71 bits per heavy atom. The molecule has 0 saturated heterocycles. The van der Waals surface area contributed by atoms with Crippen LogP contribution in [0.4, 0.5) is 5.69 Å². The van der Waals surface area contributed by atoms with Gasteiger partial charge in [0.05, 0.1) is 16.3 Å². The highest BCUT2D eigenvalue weighted by Crippen LogP contribution is 2.17. The van der Waals surface area contributed by atoms with Gasteiger partial charge in [0.25, 0.3) is 0 Å². The minimum absolute atomic E-state index is 0.0789. The second-order valence-corrected chi connectivity index (χ2v) is 6.91. The van der Waals surface area contributed by atoms with Crippen LogP contribution in [-0.2, 0) is 9.84 Å². The summed E-state index contributed by atoms with van der Waals surface area (Å²) in [5, 5.41) is 8.67. The number of aromatic nitrogens is 3. The minimum Gasteiger partial charge on any atom is -0.399 e. The third-order valence-electron chi connectivity index (χ3n) is 3.21. The van der Waals surface area contributed by atoms with E-state index in [2.05, 4.69) is 10.2 Å². The van der Waals surface area contributed by atoms with Crippen LogP contribution in [0.2, 0.25) is 0 Å². The first-order valence-corrected chi connectivity index (χ1v) is 8.10. The molecule has 0 atom stereocenters. The fraction of sp³-hybridized carbons (Fsp3) is 0.143. The smallest absolute Gasteiger partial charge is 0.178 e. The zero-order valence-electron chi connectivity index (χ0n) is 11.4. The van der Waals surface area contributed by atoms with E-state index in [1.807, 2.05) is 0 Å². The van der Waals surface area contributed by atoms with E-state index in [0.717, 1.165) is 5.52 Å². The summed E-state index contributed by atoms with van der Waals surface area (Å²) in [4.78, 5) is 1.77. The molecule has 21 heavy (non-hydrogen) atoms. The molecule has 0 fully saturated rings. The van der Waals surface area contributed by atoms with Crippen LogP contribution in [0.3, 0.4) is 0 Å². The van der Waals surface area contributed by atoms with E-state index in [1.54, 1.807) is 49.4 Å². The molecule has 7 heteroatoms. The van der Waals surface area contributed by atoms with Crippen LogP contribution >= 0.6 is 0 Å². The molecule has 2 N–H and O–H groups in total. The summed E-state index contributed by atoms with van der Waals surface area (Å²) in [6.45, 7) is 1.62. The first-order valence-electron chi connectivity index (χ1n) is 6.45. The van der Waals surface area contributed by atoms with Gasteiger partial charge in [-0.05, 0) is 42.5 Å². The molecule has 6 nitrogen and oxygen atoms in total. The second kappa shape index (κ2) is 4.85. The van der Waals surface area contributed by atoms with E-state index in [4.69, 9.17) is 5.73 Å². The first-order chi connectivity index (χ1) is 9.99. The highest BCUT2D eigenvalue weighted by atomic mass is 32.2. The van der Waals surface area contributed by atoms with Crippen molar-refractivity contribution in [2.45, 2.75) is 11.8 Å². The predicted octanol–water partition coefficient (Wildman–Crippen LogP) is 1.80. The lowest BCUT2D eigenvalue weighted by molar-refractivity contribution is 0.597. The van der Waals surface area contributed by atoms with Crippen LogP contribution in [0.1, 0.15) is 6.92 Å². The van der Waals surface area contributed by atoms with Crippen molar-refractivity contribution in [2.24, 2.45) is 0 Å². The van der Waals surface area contributed by atoms with Gasteiger partial charge in [0.2, 0.25) is 0 Å². The third-order valence-corrected chi connectivity index (χ3v) is 4.96. The molecule has 1 heterocycles. The van der Waals surface area contributed by atoms with Gasteiger partial charge >= 0.3 is 0 Å². The Hall–Kier alpha value is -2.41. The van der Waals surface area contributed by atoms with Crippen molar-refractivity contribution in [2.75, 3.05) is 11.5 Å². The number of nitrogen functional groups attached to an aromatic ring is 1. The molecule has 0 aliphatic rings. The van der Waals surface area contributed by atoms with Crippen molar-refractivity contribution >= 4 is 26.6 Å². The molecule has 3 aromatic rings. The zero-order valence-corrected chi connectivity index (χ0v) is 12.2. The van der Waals surface area contributed by atoms with Gasteiger partial charge in [-0.25, -0.2) is 8.42 Å². The lowest BCUT2D eigenvalue weighted by atomic mass is 10.3. The monoisotopic (exact) mass is 302 g/mol. The Balaban J connectivity index is 2.03. The standard InChI is InChI=1S/C14H14N4O2S/c1-2-21(19,20)12-6-4-11(5-7-12)18-16-13-8-3-10(15)9-14(13)17-18/h3-9H,2,15H2,1H3. The van der Waals surface area contributed by atoms with Gasteiger partial charge in [-0.15, -0.1) is 10.2 Å². The number of nitrogens with two attached hydrogens (primary N) is 1. The Morgan fingerprint density at radius 3 is 2.38 bits per heavy atom. The molecular weight excluding hydrogens is 288 g/mol. The number of anilines is 1. The van der Waals surface area contributed by atoms with E-state index < -0.39 is 9.84 Å². The predicted molar refractivity (Wildman–Crippen MR) is 81.0 cm³/mol. The highest BCUT2D eigenvalue weighted by molar-refractivity contribution is 7.91. The van der Waals surface area contributed by atoms with Crippen molar-refractivity contribution < 1.29 is 8.42 Å². The van der Waals surface area contributed by atoms with Crippen molar-refractivity contribution in [1.82, 2.24) is 15.0 Å². The van der Waals surface area contributed by atoms with Gasteiger partial charge in [-0.1, -0.05) is 6.92 Å². The summed E-state index contributed by atoms with van der Waals surface area (Å²) in [7, 11) is -3.19. The van der Waals surface area contributed by atoms with Gasteiger partial charge in [-0.2, -0.15) is 4.80 Å². The molecule has 0 aliphatic heterocycles. The quantitative estimate of drug-likeness (QED) is 0.745. The van der Waals surface area contributed by atoms with Gasteiger partial charge in [0.15, 0.2) is 9.84 Å². The summed E-state index contributed by atoms with van der Waals surface area (Å²) in [6, 6.07) is 11.8. The maximum atomic E-state index is 11.8. The van der Waals surface area contributed by atoms with E-state index in [1.165, 1.54) is 4.80 Å². The van der Waals surface area contributed by atoms with Crippen molar-refractivity contribution in [1.29, 1.82) is 0 Å². The lowest BCUT2D eigenvalue weighted by Crippen LogP contribution is -2.04. The van der Waals surface area contributed by atoms with Gasteiger partial charge < -0.3 is 5.73 Å². The number of fused-ring (bicyclic) bond motifs is 1. The van der Waals surface area contributed by atoms with Crippen LogP contribution in [0.25, 0.3) is 16.7 Å². The molecule has 0 spiro atoms. The maximum absolute atomic E-state index is 11.8. The molecule has 1 aromatic heterocycles. The molecule has 0 bridgehead atoms. The molecule has 0 radical (unpaired) electrons. The second-order valence-electron chi connectivity index (χ2n) is 4.63. The Bertz CT molecular complexity index is 898. The van der Waals surface area contributed by atoms with E-state index in [-0.39, 0.29) is 5.75 Å². The number of sulfone groups is 1. The largest absolute Gasteiger partial charge is 0.399 e. The highest BCUT2D eigenvalue weighted by Gasteiger charge is 2.12. The number of benzene rings is 2. The average molecular weight is 302 g/mol. The van der Waals surface area contributed by atoms with Gasteiger partial charge in [-0.3, -0.25) is 0 Å². The normalized spacial score (nSPS) is 11.9. The summed E-state index contributed by atoms with van der Waals surface area (Å²) in [5.74, 6) is 0.0789. The van der Waals surface area contributed by atoms with E-state index in [0.29, 0.717) is 21.8 Å². The van der Waals surface area contributed by atoms with Crippen LogP contribution in [0, 0.1) is 0 Å². The van der Waals surface area contributed by atoms with Crippen LogP contribution in [-0.4, -0.2) is 29.2 Å². The fourth-order valence-corrected chi connectivity index (χ4v) is 2.88. The lowest BCUT2D eigenvalue weighted by Gasteiger charge is -2.03. The van der Waals surface area contributed by atoms with Gasteiger partial charge in [0.1, 0.15) is 11.0 Å². The SMILES string of the molecule is CCS(=O)(=O)c1ccc(-n2nc3ccc(N)cc3n2)cc1. The van der Waals surface area contributed by atoms with Gasteiger partial charge in [0, 0.05) is 5.69 Å². The average Bonchev–Trinajstić information content (AvgIpc) is 2.90. The molecule has 0 amide bonds. The van der Waals surface area contributed by atoms with E-state index in [9.17, 15) is 8.42 Å². The summed E-state index contributed by atoms with van der Waals surface area (Å²) in [6.07, 6.45) is 0. The molecule has 0 saturated carbocycles. The maximum Gasteiger partial charge on any atom is 0.178 e.